The van der Waals surface area contributed by atoms with Crippen LogP contribution >= 0.6 is 0 Å². The Morgan fingerprint density at radius 3 is 2.41 bits per heavy atom. The van der Waals surface area contributed by atoms with Crippen LogP contribution in [0.15, 0.2) is 47.1 Å². The number of pyridine rings is 1. The maximum Gasteiger partial charge on any atom is 0.407 e. The molecule has 0 atom stereocenters. The number of benzene rings is 1. The van der Waals surface area contributed by atoms with Crippen molar-refractivity contribution >= 4 is 17.7 Å². The van der Waals surface area contributed by atoms with Gasteiger partial charge in [-0.1, -0.05) is 26.0 Å². The van der Waals surface area contributed by atoms with Crippen molar-refractivity contribution in [2.75, 3.05) is 25.6 Å². The van der Waals surface area contributed by atoms with Crippen LogP contribution in [0.25, 0.3) is 11.3 Å². The van der Waals surface area contributed by atoms with Gasteiger partial charge in [-0.15, -0.1) is 0 Å². The Hall–Kier alpha value is -3.88. The highest BCUT2D eigenvalue weighted by molar-refractivity contribution is 5.95. The second-order valence-corrected chi connectivity index (χ2v) is 12.6. The zero-order chi connectivity index (χ0) is 31.2. The van der Waals surface area contributed by atoms with Crippen molar-refractivity contribution in [3.63, 3.8) is 0 Å². The lowest BCUT2D eigenvalue weighted by molar-refractivity contribution is -0.124. The number of hydrogen-bond acceptors (Lipinski definition) is 7. The number of anilines is 1. The van der Waals surface area contributed by atoms with E-state index in [9.17, 15) is 9.59 Å². The van der Waals surface area contributed by atoms with Gasteiger partial charge in [0.25, 0.3) is 0 Å². The van der Waals surface area contributed by atoms with Crippen molar-refractivity contribution in [2.24, 2.45) is 11.8 Å². The van der Waals surface area contributed by atoms with Gasteiger partial charge in [0.15, 0.2) is 5.89 Å². The van der Waals surface area contributed by atoms with E-state index in [1.165, 1.54) is 0 Å². The molecule has 0 unspecified atom stereocenters. The van der Waals surface area contributed by atoms with E-state index in [1.54, 1.807) is 20.4 Å². The van der Waals surface area contributed by atoms with Crippen molar-refractivity contribution < 1.29 is 23.5 Å². The number of alkyl carbamates (subject to hydrolysis) is 1. The Kier molecular flexibility index (Phi) is 10.2. The Morgan fingerprint density at radius 2 is 1.77 bits per heavy atom. The summed E-state index contributed by atoms with van der Waals surface area (Å²) in [7, 11) is 3.24. The third-order valence-electron chi connectivity index (χ3n) is 9.22. The highest BCUT2D eigenvalue weighted by Crippen LogP contribution is 2.38. The van der Waals surface area contributed by atoms with E-state index in [1.807, 2.05) is 36.1 Å². The summed E-state index contributed by atoms with van der Waals surface area (Å²) in [6.07, 6.45) is 8.08. The molecular formula is C35H46N4O5. The highest BCUT2D eigenvalue weighted by atomic mass is 16.6. The van der Waals surface area contributed by atoms with E-state index in [0.717, 1.165) is 59.8 Å². The van der Waals surface area contributed by atoms with Gasteiger partial charge in [0, 0.05) is 48.3 Å². The first kappa shape index (κ1) is 31.5. The standard InChI is InChI=1S/C35H46N4O5/c1-22(2)33-38-31(21-43-33)27-7-6-8-28(19-27)39(34(40)26-13-15-29(16-14-26)44-35(41)36-4)20-24-9-11-25(12-10-24)30-17-18-32(42-5)23(3)37-30/h6-8,17-19,21-22,24-26,29H,9-16,20H2,1-5H3,(H,36,41). The maximum atomic E-state index is 14.2. The van der Waals surface area contributed by atoms with E-state index >= 15 is 0 Å². The summed E-state index contributed by atoms with van der Waals surface area (Å²) in [5, 5.41) is 2.52. The molecular weight excluding hydrogens is 556 g/mol. The van der Waals surface area contributed by atoms with Gasteiger partial charge < -0.3 is 24.1 Å². The summed E-state index contributed by atoms with van der Waals surface area (Å²) < 4.78 is 16.6. The number of aromatic nitrogens is 2. The molecule has 1 aromatic carbocycles. The third kappa shape index (κ3) is 7.42. The largest absolute Gasteiger partial charge is 0.495 e. The van der Waals surface area contributed by atoms with Crippen molar-refractivity contribution in [2.45, 2.75) is 90.1 Å². The second-order valence-electron chi connectivity index (χ2n) is 12.6. The van der Waals surface area contributed by atoms with Gasteiger partial charge in [0.1, 0.15) is 23.8 Å². The van der Waals surface area contributed by atoms with Crippen LogP contribution in [-0.2, 0) is 9.53 Å². The fraction of sp³-hybridized carbons (Fsp3) is 0.543. The number of carbonyl (C=O) groups excluding carboxylic acids is 2. The molecule has 0 spiro atoms. The van der Waals surface area contributed by atoms with Crippen LogP contribution in [0.3, 0.4) is 0 Å². The fourth-order valence-electron chi connectivity index (χ4n) is 6.61. The highest BCUT2D eigenvalue weighted by Gasteiger charge is 2.34. The molecule has 0 bridgehead atoms. The number of nitrogens with one attached hydrogen (secondary N) is 1. The predicted octanol–water partition coefficient (Wildman–Crippen LogP) is 7.40. The van der Waals surface area contributed by atoms with Crippen molar-refractivity contribution in [3.05, 3.63) is 59.9 Å². The van der Waals surface area contributed by atoms with Crippen LogP contribution in [0.1, 0.15) is 94.3 Å². The van der Waals surface area contributed by atoms with Gasteiger partial charge in [0.2, 0.25) is 5.91 Å². The lowest BCUT2D eigenvalue weighted by Crippen LogP contribution is -2.42. The lowest BCUT2D eigenvalue weighted by atomic mass is 9.79. The molecule has 0 aliphatic heterocycles. The van der Waals surface area contributed by atoms with Gasteiger partial charge in [-0.25, -0.2) is 9.78 Å². The van der Waals surface area contributed by atoms with Gasteiger partial charge in [0.05, 0.1) is 12.8 Å². The lowest BCUT2D eigenvalue weighted by Gasteiger charge is -2.36. The Bertz CT molecular complexity index is 1420. The SMILES string of the molecule is CNC(=O)OC1CCC(C(=O)N(CC2CCC(c3ccc(OC)c(C)n3)CC2)c2cccc(-c3coc(C(C)C)n3)c2)CC1. The fourth-order valence-corrected chi connectivity index (χ4v) is 6.61. The normalized spacial score (nSPS) is 22.0. The molecule has 0 radical (unpaired) electrons. The molecule has 236 valence electrons. The van der Waals surface area contributed by atoms with Crippen LogP contribution in [0.4, 0.5) is 10.5 Å². The van der Waals surface area contributed by atoms with Crippen LogP contribution in [0, 0.1) is 18.8 Å². The predicted molar refractivity (Wildman–Crippen MR) is 170 cm³/mol. The number of hydrogen-bond donors (Lipinski definition) is 1. The summed E-state index contributed by atoms with van der Waals surface area (Å²) in [4.78, 5) is 37.5. The molecule has 2 aliphatic rings. The Balaban J connectivity index is 1.32. The molecule has 3 aromatic rings. The van der Waals surface area contributed by atoms with Crippen molar-refractivity contribution in [1.82, 2.24) is 15.3 Å². The molecule has 2 saturated carbocycles. The minimum absolute atomic E-state index is 0.106. The maximum absolute atomic E-state index is 14.2. The Labute approximate surface area is 260 Å². The first-order chi connectivity index (χ1) is 21.2. The molecule has 2 aliphatic carbocycles. The number of methoxy groups -OCH3 is 1. The smallest absolute Gasteiger partial charge is 0.407 e. The summed E-state index contributed by atoms with van der Waals surface area (Å²) in [5.74, 6) is 2.57. The minimum atomic E-state index is -0.415. The molecule has 5 rings (SSSR count). The van der Waals surface area contributed by atoms with Gasteiger partial charge in [-0.2, -0.15) is 0 Å². The summed E-state index contributed by atoms with van der Waals surface area (Å²) >= 11 is 0. The van der Waals surface area contributed by atoms with Crippen LogP contribution in [0.2, 0.25) is 0 Å². The summed E-state index contributed by atoms with van der Waals surface area (Å²) in [6, 6.07) is 12.2. The molecule has 44 heavy (non-hydrogen) atoms. The number of rotatable bonds is 9. The first-order valence-electron chi connectivity index (χ1n) is 16.0. The molecule has 2 aromatic heterocycles. The quantitative estimate of drug-likeness (QED) is 0.272. The van der Waals surface area contributed by atoms with E-state index in [0.29, 0.717) is 50.0 Å². The van der Waals surface area contributed by atoms with E-state index in [-0.39, 0.29) is 23.8 Å². The molecule has 1 N–H and O–H groups in total. The van der Waals surface area contributed by atoms with E-state index in [2.05, 4.69) is 31.3 Å². The number of oxazole rings is 1. The minimum Gasteiger partial charge on any atom is -0.495 e. The van der Waals surface area contributed by atoms with Gasteiger partial charge in [-0.05, 0) is 88.5 Å². The van der Waals surface area contributed by atoms with Crippen LogP contribution < -0.4 is 15.0 Å². The second kappa shape index (κ2) is 14.3. The number of carbonyl (C=O) groups is 2. The van der Waals surface area contributed by atoms with Crippen LogP contribution in [0.5, 0.6) is 5.75 Å². The third-order valence-corrected chi connectivity index (χ3v) is 9.22. The number of nitrogens with zero attached hydrogens (tertiary/aromatic N) is 3. The van der Waals surface area contributed by atoms with Crippen molar-refractivity contribution in [3.8, 4) is 17.0 Å². The summed E-state index contributed by atoms with van der Waals surface area (Å²) in [6.45, 7) is 6.78. The molecule has 2 heterocycles. The number of ether oxygens (including phenoxy) is 2. The van der Waals surface area contributed by atoms with E-state index < -0.39 is 6.09 Å². The molecule has 0 saturated heterocycles. The topological polar surface area (TPSA) is 107 Å². The van der Waals surface area contributed by atoms with Gasteiger partial charge in [-0.3, -0.25) is 9.78 Å². The monoisotopic (exact) mass is 602 g/mol. The molecule has 9 heteroatoms. The van der Waals surface area contributed by atoms with Crippen molar-refractivity contribution in [1.29, 1.82) is 0 Å². The first-order valence-corrected chi connectivity index (χ1v) is 16.0. The number of aryl methyl sites for hydroxylation is 1. The van der Waals surface area contributed by atoms with Crippen LogP contribution in [-0.4, -0.2) is 48.8 Å². The average molecular weight is 603 g/mol. The number of amides is 2. The summed E-state index contributed by atoms with van der Waals surface area (Å²) in [5.41, 5.74) is 4.65. The molecule has 9 nitrogen and oxygen atoms in total. The molecule has 2 amide bonds. The Morgan fingerprint density at radius 1 is 1.02 bits per heavy atom. The zero-order valence-electron chi connectivity index (χ0n) is 26.7. The zero-order valence-corrected chi connectivity index (χ0v) is 26.7. The van der Waals surface area contributed by atoms with E-state index in [4.69, 9.17) is 23.9 Å². The average Bonchev–Trinajstić information content (AvgIpc) is 3.55. The molecule has 2 fully saturated rings. The van der Waals surface area contributed by atoms with Gasteiger partial charge >= 0.3 is 6.09 Å².